The summed E-state index contributed by atoms with van der Waals surface area (Å²) in [4.78, 5) is 119. The maximum Gasteiger partial charge on any atom is 0.245 e. The third-order valence-electron chi connectivity index (χ3n) is 10.6. The summed E-state index contributed by atoms with van der Waals surface area (Å²) >= 11 is 1.39. The molecule has 2 aromatic rings. The molecule has 0 fully saturated rings. The Morgan fingerprint density at radius 1 is 0.574 bits per heavy atom. The summed E-state index contributed by atoms with van der Waals surface area (Å²) in [5.74, 6) is -7.32. The van der Waals surface area contributed by atoms with Crippen molar-refractivity contribution in [1.82, 2.24) is 37.2 Å². The van der Waals surface area contributed by atoms with Crippen molar-refractivity contribution >= 4 is 64.9 Å². The Hall–Kier alpha value is -6.26. The molecule has 0 spiro atoms. The molecular formula is C46H70N10O11S. The summed E-state index contributed by atoms with van der Waals surface area (Å²) in [6.45, 7) is 9.60. The zero-order chi connectivity index (χ0) is 51.2. The SMILES string of the molecule is CSCC[C@H](NC(=O)[C@@H](NC(=O)[C@@H](N)Cc1ccc(O)cc1)[C@@H](C)O)C(=O)N[C@@H](CC(C)C)C(=O)N[C@H](C(=O)N[C@@H](C)C(=O)N[C@@H](Cc1ccccc1)C(=O)N[C@@H](CCC(N)=O)C(N)=O)C(C)C. The summed E-state index contributed by atoms with van der Waals surface area (Å²) in [7, 11) is 0. The Morgan fingerprint density at radius 2 is 1.09 bits per heavy atom. The highest BCUT2D eigenvalue weighted by atomic mass is 32.2. The number of aliphatic hydroxyl groups excluding tert-OH is 1. The van der Waals surface area contributed by atoms with E-state index < -0.39 is 114 Å². The normalized spacial score (nSPS) is 15.2. The lowest BCUT2D eigenvalue weighted by Gasteiger charge is -2.29. The van der Waals surface area contributed by atoms with Crippen molar-refractivity contribution in [3.05, 3.63) is 65.7 Å². The number of hydrogen-bond donors (Lipinski definition) is 12. The zero-order valence-electron chi connectivity index (χ0n) is 39.7. The molecule has 0 aliphatic rings. The number of nitrogens with two attached hydrogens (primary N) is 3. The molecule has 21 nitrogen and oxygen atoms in total. The van der Waals surface area contributed by atoms with Gasteiger partial charge in [0.1, 0.15) is 48.0 Å². The number of primary amides is 2. The van der Waals surface area contributed by atoms with Crippen LogP contribution in [0.1, 0.15) is 78.4 Å². The van der Waals surface area contributed by atoms with Crippen LogP contribution in [0.3, 0.4) is 0 Å². The van der Waals surface area contributed by atoms with Gasteiger partial charge in [-0.3, -0.25) is 43.2 Å². The topological polar surface area (TPSA) is 356 Å². The number of rotatable bonds is 29. The second-order valence-electron chi connectivity index (χ2n) is 17.4. The zero-order valence-corrected chi connectivity index (χ0v) is 40.5. The Labute approximate surface area is 401 Å². The third kappa shape index (κ3) is 20.3. The van der Waals surface area contributed by atoms with Gasteiger partial charge < -0.3 is 64.6 Å². The summed E-state index contributed by atoms with van der Waals surface area (Å²) in [6.07, 6.45) is 0.226. The number of nitrogens with one attached hydrogen (secondary N) is 7. The number of thioether (sulfide) groups is 1. The van der Waals surface area contributed by atoms with Gasteiger partial charge in [-0.15, -0.1) is 0 Å². The molecule has 2 aromatic carbocycles. The highest BCUT2D eigenvalue weighted by Crippen LogP contribution is 2.13. The van der Waals surface area contributed by atoms with E-state index in [1.807, 2.05) is 13.8 Å². The fourth-order valence-corrected chi connectivity index (χ4v) is 7.21. The summed E-state index contributed by atoms with van der Waals surface area (Å²) in [5, 5.41) is 38.2. The molecule has 0 bridgehead atoms. The van der Waals surface area contributed by atoms with Crippen molar-refractivity contribution in [2.75, 3.05) is 12.0 Å². The summed E-state index contributed by atoms with van der Waals surface area (Å²) in [5.41, 5.74) is 18.1. The minimum Gasteiger partial charge on any atom is -0.508 e. The van der Waals surface area contributed by atoms with Crippen molar-refractivity contribution in [3.8, 4) is 5.75 Å². The molecule has 15 N–H and O–H groups in total. The fraction of sp³-hybridized carbons (Fsp3) is 0.543. The minimum atomic E-state index is -1.51. The number of phenols is 1. The summed E-state index contributed by atoms with van der Waals surface area (Å²) in [6, 6.07) is 4.61. The number of hydrogen-bond acceptors (Lipinski definition) is 13. The Morgan fingerprint density at radius 3 is 1.63 bits per heavy atom. The van der Waals surface area contributed by atoms with Gasteiger partial charge in [0.2, 0.25) is 53.2 Å². The fourth-order valence-electron chi connectivity index (χ4n) is 6.74. The largest absolute Gasteiger partial charge is 0.508 e. The van der Waals surface area contributed by atoms with Gasteiger partial charge in [-0.25, -0.2) is 0 Å². The van der Waals surface area contributed by atoms with E-state index in [4.69, 9.17) is 17.2 Å². The number of aromatic hydroxyl groups is 1. The summed E-state index contributed by atoms with van der Waals surface area (Å²) < 4.78 is 0. The molecule has 0 unspecified atom stereocenters. The number of carbonyl (C=O) groups excluding carboxylic acids is 9. The Balaban J connectivity index is 2.22. The highest BCUT2D eigenvalue weighted by Gasteiger charge is 2.35. The lowest BCUT2D eigenvalue weighted by molar-refractivity contribution is -0.136. The van der Waals surface area contributed by atoms with Gasteiger partial charge in [0.05, 0.1) is 12.1 Å². The molecular weight excluding hydrogens is 901 g/mol. The van der Waals surface area contributed by atoms with Crippen LogP contribution >= 0.6 is 11.8 Å². The standard InChI is InChI=1S/C46H70N10O11S/c1-24(2)21-34(54-42(63)33(19-20-68-7)52-46(67)38(27(6)57)56-41(62)31(47)22-29-13-15-30(58)16-14-29)44(65)55-37(25(3)4)45(66)50-26(5)40(61)53-35(23-28-11-9-8-10-12-28)43(64)51-32(39(49)60)17-18-36(48)59/h8-16,24-27,31-35,37-38,57-58H,17-23,47H2,1-7H3,(H2,48,59)(H2,49,60)(H,50,66)(H,51,64)(H,52,67)(H,53,61)(H,54,63)(H,55,65)(H,56,62)/t26-,27+,31-,32-,33-,34-,35-,37-,38-/m0/s1. The van der Waals surface area contributed by atoms with E-state index in [1.54, 1.807) is 62.6 Å². The van der Waals surface area contributed by atoms with E-state index in [0.717, 1.165) is 0 Å². The van der Waals surface area contributed by atoms with Gasteiger partial charge in [-0.05, 0) is 86.6 Å². The monoisotopic (exact) mass is 970 g/mol. The number of aliphatic hydroxyl groups is 1. The number of benzene rings is 2. The first kappa shape index (κ1) is 57.9. The first-order chi connectivity index (χ1) is 31.9. The minimum absolute atomic E-state index is 0.0226. The smallest absolute Gasteiger partial charge is 0.245 e. The van der Waals surface area contributed by atoms with Crippen LogP contribution in [0.15, 0.2) is 54.6 Å². The van der Waals surface area contributed by atoms with E-state index in [9.17, 15) is 53.4 Å². The lowest BCUT2D eigenvalue weighted by atomic mass is 9.99. The van der Waals surface area contributed by atoms with Gasteiger partial charge in [0.25, 0.3) is 0 Å². The average molecular weight is 971 g/mol. The average Bonchev–Trinajstić information content (AvgIpc) is 3.26. The third-order valence-corrected chi connectivity index (χ3v) is 11.3. The second kappa shape index (κ2) is 28.8. The molecule has 0 aliphatic carbocycles. The second-order valence-corrected chi connectivity index (χ2v) is 18.4. The van der Waals surface area contributed by atoms with Crippen LogP contribution in [0.5, 0.6) is 5.75 Å². The first-order valence-corrected chi connectivity index (χ1v) is 23.8. The van der Waals surface area contributed by atoms with Gasteiger partial charge >= 0.3 is 0 Å². The quantitative estimate of drug-likeness (QED) is 0.0443. The van der Waals surface area contributed by atoms with E-state index in [0.29, 0.717) is 16.9 Å². The predicted octanol–water partition coefficient (Wildman–Crippen LogP) is -1.49. The van der Waals surface area contributed by atoms with E-state index in [2.05, 4.69) is 37.2 Å². The molecule has 22 heteroatoms. The van der Waals surface area contributed by atoms with Crippen molar-refractivity contribution in [1.29, 1.82) is 0 Å². The molecule has 0 aliphatic heterocycles. The van der Waals surface area contributed by atoms with Crippen LogP contribution < -0.4 is 54.4 Å². The molecule has 9 atom stereocenters. The molecule has 0 heterocycles. The van der Waals surface area contributed by atoms with Crippen molar-refractivity contribution < 1.29 is 53.4 Å². The maximum atomic E-state index is 14.0. The van der Waals surface area contributed by atoms with Crippen LogP contribution in [0, 0.1) is 11.8 Å². The van der Waals surface area contributed by atoms with Crippen LogP contribution in [0.2, 0.25) is 0 Å². The van der Waals surface area contributed by atoms with Gasteiger partial charge in [0.15, 0.2) is 0 Å². The molecule has 376 valence electrons. The maximum absolute atomic E-state index is 14.0. The number of amides is 9. The van der Waals surface area contributed by atoms with Crippen LogP contribution in [0.4, 0.5) is 0 Å². The van der Waals surface area contributed by atoms with E-state index in [-0.39, 0.29) is 50.2 Å². The molecule has 2 rings (SSSR count). The van der Waals surface area contributed by atoms with Gasteiger partial charge in [-0.2, -0.15) is 11.8 Å². The molecule has 0 saturated carbocycles. The van der Waals surface area contributed by atoms with Crippen LogP contribution in [-0.4, -0.2) is 130 Å². The van der Waals surface area contributed by atoms with Crippen LogP contribution in [0.25, 0.3) is 0 Å². The first-order valence-electron chi connectivity index (χ1n) is 22.4. The Kier molecular flexibility index (Phi) is 24.5. The lowest BCUT2D eigenvalue weighted by Crippen LogP contribution is -2.61. The van der Waals surface area contributed by atoms with Gasteiger partial charge in [-0.1, -0.05) is 70.2 Å². The van der Waals surface area contributed by atoms with Gasteiger partial charge in [0, 0.05) is 12.8 Å². The van der Waals surface area contributed by atoms with Crippen molar-refractivity contribution in [2.24, 2.45) is 29.0 Å². The molecule has 9 amide bonds. The molecule has 0 aromatic heterocycles. The number of carbonyl (C=O) groups is 9. The highest BCUT2D eigenvalue weighted by molar-refractivity contribution is 7.98. The van der Waals surface area contributed by atoms with E-state index >= 15 is 0 Å². The van der Waals surface area contributed by atoms with Crippen molar-refractivity contribution in [2.45, 2.75) is 135 Å². The van der Waals surface area contributed by atoms with E-state index in [1.165, 1.54) is 37.7 Å². The van der Waals surface area contributed by atoms with Crippen molar-refractivity contribution in [3.63, 3.8) is 0 Å². The Bertz CT molecular complexity index is 2020. The predicted molar refractivity (Wildman–Crippen MR) is 256 cm³/mol. The molecule has 68 heavy (non-hydrogen) atoms. The molecule has 0 radical (unpaired) electrons. The van der Waals surface area contributed by atoms with Crippen LogP contribution in [-0.2, 0) is 56.0 Å². The molecule has 0 saturated heterocycles. The number of phenolic OH excluding ortho intramolecular Hbond substituents is 1.